The third-order valence-electron chi connectivity index (χ3n) is 3.67. The second-order valence-electron chi connectivity index (χ2n) is 5.17. The van der Waals surface area contributed by atoms with Crippen molar-refractivity contribution >= 4 is 28.2 Å². The van der Waals surface area contributed by atoms with Gasteiger partial charge in [-0.05, 0) is 18.0 Å². The molecule has 13 nitrogen and oxygen atoms in total. The second kappa shape index (κ2) is 5.81. The molecule has 0 saturated carbocycles. The molecular formula is C10H12N6O7S. The zero-order chi connectivity index (χ0) is 17.5. The normalized spacial score (nSPS) is 23.5. The second-order valence-corrected chi connectivity index (χ2v) is 6.17. The molecule has 2 saturated heterocycles. The van der Waals surface area contributed by atoms with Gasteiger partial charge < -0.3 is 10.2 Å². The van der Waals surface area contributed by atoms with Crippen LogP contribution in [0.3, 0.4) is 0 Å². The number of nitrogens with one attached hydrogen (secondary N) is 2. The molecular weight excluding hydrogens is 348 g/mol. The summed E-state index contributed by atoms with van der Waals surface area (Å²) in [6, 6.07) is -2.16. The summed E-state index contributed by atoms with van der Waals surface area (Å²) in [6.07, 6.45) is 1.70. The molecule has 0 radical (unpaired) electrons. The first kappa shape index (κ1) is 16.3. The zero-order valence-corrected chi connectivity index (χ0v) is 12.8. The van der Waals surface area contributed by atoms with Crippen molar-refractivity contribution in [2.75, 3.05) is 6.54 Å². The molecule has 0 spiro atoms. The standard InChI is InChI=1S/C10H12N6O7S/c11-8(13-9(17)6-3-12-22-14-6)7-2-1-5-4-15(7)10(18)16(5)23-24(19,20)21/h3,5,7H,1-2,4H2,(H2,11,13,17)(H,19,20,21). The maximum absolute atomic E-state index is 12.2. The first-order chi connectivity index (χ1) is 11.3. The van der Waals surface area contributed by atoms with Crippen LogP contribution < -0.4 is 5.32 Å². The molecule has 0 aromatic carbocycles. The van der Waals surface area contributed by atoms with Crippen LogP contribution in [0.4, 0.5) is 4.79 Å². The van der Waals surface area contributed by atoms with E-state index in [9.17, 15) is 18.0 Å². The van der Waals surface area contributed by atoms with Gasteiger partial charge in [0.1, 0.15) is 12.0 Å². The predicted octanol–water partition coefficient (Wildman–Crippen LogP) is -1.22. The summed E-state index contributed by atoms with van der Waals surface area (Å²) in [5, 5.41) is 17.4. The number of carbonyl (C=O) groups excluding carboxylic acids is 2. The molecule has 2 fully saturated rings. The average Bonchev–Trinajstić information content (AvgIpc) is 3.11. The van der Waals surface area contributed by atoms with Crippen LogP contribution in [0.25, 0.3) is 0 Å². The van der Waals surface area contributed by atoms with Crippen molar-refractivity contribution in [2.24, 2.45) is 0 Å². The molecule has 130 valence electrons. The van der Waals surface area contributed by atoms with Gasteiger partial charge in [0.25, 0.3) is 5.91 Å². The molecule has 2 aliphatic heterocycles. The smallest absolute Gasteiger partial charge is 0.310 e. The maximum Gasteiger partial charge on any atom is 0.418 e. The molecule has 0 aliphatic carbocycles. The largest absolute Gasteiger partial charge is 0.418 e. The minimum absolute atomic E-state index is 0.1000. The lowest BCUT2D eigenvalue weighted by Gasteiger charge is -2.30. The third kappa shape index (κ3) is 3.06. The van der Waals surface area contributed by atoms with Gasteiger partial charge in [-0.2, -0.15) is 13.5 Å². The van der Waals surface area contributed by atoms with Crippen LogP contribution in [-0.4, -0.2) is 69.6 Å². The number of nitrogens with zero attached hydrogens (tertiary/aromatic N) is 4. The number of amidine groups is 1. The quantitative estimate of drug-likeness (QED) is 0.337. The van der Waals surface area contributed by atoms with Crippen molar-refractivity contribution < 1.29 is 31.5 Å². The van der Waals surface area contributed by atoms with E-state index in [0.29, 0.717) is 17.9 Å². The van der Waals surface area contributed by atoms with E-state index in [2.05, 4.69) is 24.5 Å². The molecule has 24 heavy (non-hydrogen) atoms. The number of piperidine rings is 1. The van der Waals surface area contributed by atoms with Crippen molar-refractivity contribution in [3.05, 3.63) is 11.9 Å². The number of rotatable bonds is 4. The molecule has 1 aromatic heterocycles. The predicted molar refractivity (Wildman–Crippen MR) is 72.9 cm³/mol. The topological polar surface area (TPSA) is 179 Å². The van der Waals surface area contributed by atoms with Gasteiger partial charge in [-0.3, -0.25) is 14.8 Å². The summed E-state index contributed by atoms with van der Waals surface area (Å²) in [4.78, 5) is 25.2. The molecule has 3 rings (SSSR count). The highest BCUT2D eigenvalue weighted by Crippen LogP contribution is 2.30. The number of hydroxylamine groups is 2. The molecule has 1 aromatic rings. The average molecular weight is 360 g/mol. The Morgan fingerprint density at radius 2 is 2.25 bits per heavy atom. The molecule has 2 aliphatic rings. The lowest BCUT2D eigenvalue weighted by atomic mass is 10.00. The highest BCUT2D eigenvalue weighted by Gasteiger charge is 2.48. The van der Waals surface area contributed by atoms with E-state index in [1.807, 2.05) is 0 Å². The van der Waals surface area contributed by atoms with Gasteiger partial charge in [-0.25, -0.2) is 9.42 Å². The van der Waals surface area contributed by atoms with Crippen molar-refractivity contribution in [2.45, 2.75) is 24.9 Å². The van der Waals surface area contributed by atoms with Crippen molar-refractivity contribution in [3.8, 4) is 0 Å². The Balaban J connectivity index is 1.69. The van der Waals surface area contributed by atoms with Crippen LogP contribution in [-0.2, 0) is 14.7 Å². The van der Waals surface area contributed by atoms with Crippen molar-refractivity contribution in [1.29, 1.82) is 5.41 Å². The van der Waals surface area contributed by atoms with E-state index in [1.165, 1.54) is 4.90 Å². The highest BCUT2D eigenvalue weighted by molar-refractivity contribution is 7.80. The highest BCUT2D eigenvalue weighted by atomic mass is 32.3. The Kier molecular flexibility index (Phi) is 3.94. The summed E-state index contributed by atoms with van der Waals surface area (Å²) >= 11 is 0. The van der Waals surface area contributed by atoms with Crippen LogP contribution >= 0.6 is 0 Å². The number of hydrogen-bond donors (Lipinski definition) is 3. The minimum Gasteiger partial charge on any atom is -0.310 e. The van der Waals surface area contributed by atoms with Gasteiger partial charge in [0.15, 0.2) is 5.69 Å². The summed E-state index contributed by atoms with van der Waals surface area (Å²) in [6.45, 7) is 0.1000. The monoisotopic (exact) mass is 360 g/mol. The number of urea groups is 1. The lowest BCUT2D eigenvalue weighted by Crippen LogP contribution is -2.50. The van der Waals surface area contributed by atoms with Crippen LogP contribution in [0.2, 0.25) is 0 Å². The first-order valence-electron chi connectivity index (χ1n) is 6.70. The molecule has 2 atom stereocenters. The van der Waals surface area contributed by atoms with Crippen LogP contribution in [0, 0.1) is 5.41 Å². The van der Waals surface area contributed by atoms with Crippen LogP contribution in [0.15, 0.2) is 10.8 Å². The Morgan fingerprint density at radius 1 is 1.50 bits per heavy atom. The number of fused-ring (bicyclic) bond motifs is 2. The van der Waals surface area contributed by atoms with E-state index in [0.717, 1.165) is 6.20 Å². The van der Waals surface area contributed by atoms with Gasteiger partial charge in [-0.1, -0.05) is 5.16 Å². The summed E-state index contributed by atoms with van der Waals surface area (Å²) in [5.41, 5.74) is -0.127. The Hall–Kier alpha value is -2.58. The summed E-state index contributed by atoms with van der Waals surface area (Å²) in [7, 11) is -4.84. The fourth-order valence-corrected chi connectivity index (χ4v) is 3.05. The number of amides is 3. The Morgan fingerprint density at radius 3 is 2.88 bits per heavy atom. The van der Waals surface area contributed by atoms with Crippen LogP contribution in [0.1, 0.15) is 23.3 Å². The fraction of sp³-hybridized carbons (Fsp3) is 0.500. The summed E-state index contributed by atoms with van der Waals surface area (Å²) in [5.74, 6) is -0.982. The fourth-order valence-electron chi connectivity index (χ4n) is 2.67. The van der Waals surface area contributed by atoms with E-state index in [-0.39, 0.29) is 18.1 Å². The van der Waals surface area contributed by atoms with Gasteiger partial charge in [0.05, 0.1) is 12.1 Å². The Labute approximate surface area is 134 Å². The maximum atomic E-state index is 12.2. The first-order valence-corrected chi connectivity index (χ1v) is 8.07. The van der Waals surface area contributed by atoms with Gasteiger partial charge >= 0.3 is 16.4 Å². The van der Waals surface area contributed by atoms with Crippen molar-refractivity contribution in [1.82, 2.24) is 25.6 Å². The zero-order valence-electron chi connectivity index (χ0n) is 11.9. The van der Waals surface area contributed by atoms with Gasteiger partial charge in [0, 0.05) is 6.54 Å². The number of carbonyl (C=O) groups is 2. The van der Waals surface area contributed by atoms with E-state index in [1.54, 1.807) is 0 Å². The van der Waals surface area contributed by atoms with E-state index >= 15 is 0 Å². The molecule has 14 heteroatoms. The molecule has 3 heterocycles. The van der Waals surface area contributed by atoms with Crippen LogP contribution in [0.5, 0.6) is 0 Å². The number of hydrogen-bond acceptors (Lipinski definition) is 9. The Bertz CT molecular complexity index is 778. The van der Waals surface area contributed by atoms with E-state index in [4.69, 9.17) is 9.96 Å². The van der Waals surface area contributed by atoms with Gasteiger partial charge in [-0.15, -0.1) is 4.28 Å². The van der Waals surface area contributed by atoms with Gasteiger partial charge in [0.2, 0.25) is 0 Å². The molecule has 3 N–H and O–H groups in total. The minimum atomic E-state index is -4.84. The lowest BCUT2D eigenvalue weighted by molar-refractivity contribution is -0.0316. The van der Waals surface area contributed by atoms with E-state index < -0.39 is 34.4 Å². The number of aromatic nitrogens is 2. The van der Waals surface area contributed by atoms with Crippen molar-refractivity contribution in [3.63, 3.8) is 0 Å². The summed E-state index contributed by atoms with van der Waals surface area (Å²) < 4.78 is 38.9. The molecule has 3 amide bonds. The molecule has 2 unspecified atom stereocenters. The SMILES string of the molecule is N=C(NC(=O)c1cnon1)C1CCC2CN1C(=O)N2OS(=O)(=O)O. The molecule has 2 bridgehead atoms. The third-order valence-corrected chi connectivity index (χ3v) is 4.02.